The fourth-order valence-electron chi connectivity index (χ4n) is 0.134. The van der Waals surface area contributed by atoms with Gasteiger partial charge in [-0.2, -0.15) is 0 Å². The summed E-state index contributed by atoms with van der Waals surface area (Å²) in [5.74, 6) is 0. The molecule has 0 radical (unpaired) electrons. The molecule has 0 aliphatic carbocycles. The van der Waals surface area contributed by atoms with E-state index in [2.05, 4.69) is 0 Å². The van der Waals surface area contributed by atoms with Gasteiger partial charge in [0.05, 0.1) is 0 Å². The molecule has 0 aromatic heterocycles. The van der Waals surface area contributed by atoms with E-state index in [0.29, 0.717) is 0 Å². The molecule has 0 aromatic carbocycles. The first-order chi connectivity index (χ1) is 3.42. The van der Waals surface area contributed by atoms with Gasteiger partial charge in [0, 0.05) is 0 Å². The normalized spacial score (nSPS) is 10.4. The Bertz CT molecular complexity index is 180. The molecule has 0 atom stereocenters. The first-order valence-electron chi connectivity index (χ1n) is 1.54. The van der Waals surface area contributed by atoms with Crippen LogP contribution in [0.15, 0.2) is 0 Å². The van der Waals surface area contributed by atoms with Crippen molar-refractivity contribution in [1.82, 2.24) is 0 Å². The molecular formula is CF3O2SZn. The van der Waals surface area contributed by atoms with Crippen LogP contribution in [0.1, 0.15) is 0 Å². The van der Waals surface area contributed by atoms with Gasteiger partial charge in [0.15, 0.2) is 0 Å². The molecule has 2 nitrogen and oxygen atoms in total. The molecule has 0 spiro atoms. The molecule has 0 rings (SSSR count). The van der Waals surface area contributed by atoms with Crippen LogP contribution in [-0.2, 0) is 23.6 Å². The molecule has 0 heterocycles. The van der Waals surface area contributed by atoms with Gasteiger partial charge < -0.3 is 0 Å². The SMILES string of the molecule is O=[S](=O)=[Zn][C](F)(F)F. The minimum absolute atomic E-state index is 2.82. The Morgan fingerprint density at radius 1 is 1.25 bits per heavy atom. The zero-order valence-electron chi connectivity index (χ0n) is 3.57. The summed E-state index contributed by atoms with van der Waals surface area (Å²) >= 11 is -3.30. The number of rotatable bonds is 0. The van der Waals surface area contributed by atoms with Crippen molar-refractivity contribution in [2.24, 2.45) is 0 Å². The van der Waals surface area contributed by atoms with Gasteiger partial charge in [0.1, 0.15) is 0 Å². The first-order valence-corrected chi connectivity index (χ1v) is 7.90. The maximum absolute atomic E-state index is 11.0. The van der Waals surface area contributed by atoms with Gasteiger partial charge in [-0.3, -0.25) is 0 Å². The van der Waals surface area contributed by atoms with Gasteiger partial charge in [-0.1, -0.05) is 0 Å². The van der Waals surface area contributed by atoms with Crippen molar-refractivity contribution >= 4 is 8.19 Å². The standard InChI is InChI=1S/CF3.O2S.Zn/c2-1(3)4;1-3-2;. The van der Waals surface area contributed by atoms with Crippen molar-refractivity contribution in [2.75, 3.05) is 0 Å². The van der Waals surface area contributed by atoms with Crippen LogP contribution in [0.4, 0.5) is 13.2 Å². The van der Waals surface area contributed by atoms with E-state index < -0.39 is 28.3 Å². The zero-order chi connectivity index (χ0) is 6.78. The minimum atomic E-state index is -4.40. The summed E-state index contributed by atoms with van der Waals surface area (Å²) in [6, 6.07) is 0. The average Bonchev–Trinajstić information content (AvgIpc) is 1.21. The van der Waals surface area contributed by atoms with Crippen LogP contribution in [0.3, 0.4) is 0 Å². The van der Waals surface area contributed by atoms with Crippen molar-refractivity contribution in [3.05, 3.63) is 0 Å². The van der Waals surface area contributed by atoms with Gasteiger partial charge in [-0.15, -0.1) is 0 Å². The van der Waals surface area contributed by atoms with Crippen molar-refractivity contribution in [2.45, 2.75) is 4.77 Å². The van der Waals surface area contributed by atoms with Crippen LogP contribution < -0.4 is 0 Å². The Balaban J connectivity index is 4.34. The van der Waals surface area contributed by atoms with Crippen LogP contribution in [0, 0.1) is 0 Å². The fourth-order valence-corrected chi connectivity index (χ4v) is 2.08. The predicted molar refractivity (Wildman–Crippen MR) is 15.0 cm³/mol. The quantitative estimate of drug-likeness (QED) is 0.528. The molecule has 0 N–H and O–H groups in total. The number of hydrogen-bond donors (Lipinski definition) is 0. The molecule has 0 aliphatic heterocycles. The summed E-state index contributed by atoms with van der Waals surface area (Å²) < 4.78 is 47.3. The fraction of sp³-hybridized carbons (Fsp3) is 1.00. The second kappa shape index (κ2) is 2.68. The summed E-state index contributed by atoms with van der Waals surface area (Å²) in [7, 11) is -2.82. The molecular weight excluding hydrogens is 198 g/mol. The predicted octanol–water partition coefficient (Wildman–Crippen LogP) is 0.383. The van der Waals surface area contributed by atoms with E-state index in [0.717, 1.165) is 0 Å². The van der Waals surface area contributed by atoms with Crippen LogP contribution >= 0.6 is 0 Å². The number of alkyl halides is 3. The second-order valence-electron chi connectivity index (χ2n) is 1.06. The van der Waals surface area contributed by atoms with E-state index in [1.54, 1.807) is 0 Å². The Morgan fingerprint density at radius 2 is 1.62 bits per heavy atom. The number of hydrogen-bond acceptors (Lipinski definition) is 2. The van der Waals surface area contributed by atoms with E-state index in [9.17, 15) is 21.6 Å². The van der Waals surface area contributed by atoms with Crippen molar-refractivity contribution < 1.29 is 37.0 Å². The van der Waals surface area contributed by atoms with Gasteiger partial charge in [0.25, 0.3) is 0 Å². The maximum atomic E-state index is 11.0. The third-order valence-corrected chi connectivity index (χ3v) is 4.39. The molecule has 45 valence electrons. The van der Waals surface area contributed by atoms with Gasteiger partial charge in [0.2, 0.25) is 0 Å². The number of halogens is 3. The van der Waals surface area contributed by atoms with Gasteiger partial charge >= 0.3 is 49.9 Å². The Hall–Kier alpha value is 0.233. The summed E-state index contributed by atoms with van der Waals surface area (Å²) in [5, 5.41) is 0. The topological polar surface area (TPSA) is 34.1 Å². The summed E-state index contributed by atoms with van der Waals surface area (Å²) in [6.07, 6.45) is 0. The van der Waals surface area contributed by atoms with Crippen molar-refractivity contribution in [3.8, 4) is 0 Å². The van der Waals surface area contributed by atoms with Crippen LogP contribution in [0.2, 0.25) is 0 Å². The Morgan fingerprint density at radius 3 is 1.62 bits per heavy atom. The molecule has 0 bridgehead atoms. The summed E-state index contributed by atoms with van der Waals surface area (Å²) in [4.78, 5) is 0. The van der Waals surface area contributed by atoms with Crippen molar-refractivity contribution in [1.29, 1.82) is 0 Å². The zero-order valence-corrected chi connectivity index (χ0v) is 7.35. The summed E-state index contributed by atoms with van der Waals surface area (Å²) in [6.45, 7) is 0. The second-order valence-corrected chi connectivity index (χ2v) is 8.43. The summed E-state index contributed by atoms with van der Waals surface area (Å²) in [5.41, 5.74) is 0. The van der Waals surface area contributed by atoms with Crippen LogP contribution in [0.25, 0.3) is 0 Å². The van der Waals surface area contributed by atoms with E-state index in [-0.39, 0.29) is 0 Å². The molecule has 7 heteroatoms. The van der Waals surface area contributed by atoms with E-state index in [1.807, 2.05) is 0 Å². The van der Waals surface area contributed by atoms with Crippen LogP contribution in [0.5, 0.6) is 0 Å². The Labute approximate surface area is 50.4 Å². The molecule has 0 saturated heterocycles. The third-order valence-electron chi connectivity index (χ3n) is 0.282. The van der Waals surface area contributed by atoms with Gasteiger partial charge in [-0.05, 0) is 0 Å². The van der Waals surface area contributed by atoms with E-state index >= 15 is 0 Å². The molecule has 0 amide bonds. The van der Waals surface area contributed by atoms with Gasteiger partial charge in [-0.25, -0.2) is 0 Å². The monoisotopic (exact) mass is 197 g/mol. The molecule has 0 aromatic rings. The average molecular weight is 198 g/mol. The molecule has 0 unspecified atom stereocenters. The molecule has 8 heavy (non-hydrogen) atoms. The molecule has 0 saturated carbocycles. The molecule has 0 aliphatic rings. The third kappa shape index (κ3) is 6.23. The van der Waals surface area contributed by atoms with Crippen molar-refractivity contribution in [3.63, 3.8) is 0 Å². The van der Waals surface area contributed by atoms with E-state index in [1.165, 1.54) is 0 Å². The van der Waals surface area contributed by atoms with E-state index in [4.69, 9.17) is 0 Å². The first kappa shape index (κ1) is 8.23. The Kier molecular flexibility index (Phi) is 2.76. The molecule has 0 fully saturated rings. The van der Waals surface area contributed by atoms with Crippen LogP contribution in [-0.4, -0.2) is 13.2 Å².